The molecule has 2 amide bonds. The van der Waals surface area contributed by atoms with Gasteiger partial charge in [0, 0.05) is 60.3 Å². The zero-order chi connectivity index (χ0) is 30.1. The van der Waals surface area contributed by atoms with E-state index in [-0.39, 0.29) is 24.1 Å². The number of hydrogen-bond donors (Lipinski definition) is 3. The Labute approximate surface area is 249 Å². The summed E-state index contributed by atoms with van der Waals surface area (Å²) in [5.74, 6) is -0.672. The molecule has 42 heavy (non-hydrogen) atoms. The second-order valence-electron chi connectivity index (χ2n) is 10.2. The maximum atomic E-state index is 13.4. The molecular formula is C32H35N5O4S. The van der Waals surface area contributed by atoms with Crippen molar-refractivity contribution in [1.29, 1.82) is 0 Å². The SMILES string of the molecule is CC(=O)c1cncc(CNC[C@@H](O)[C@H](Cc2ccccc2)NC(=O)c2cccc(C(=O)N(C)Cc3nc(C)cs3)c2)c1. The number of rotatable bonds is 13. The summed E-state index contributed by atoms with van der Waals surface area (Å²) < 4.78 is 0. The molecule has 2 aromatic carbocycles. The number of benzene rings is 2. The fourth-order valence-electron chi connectivity index (χ4n) is 4.45. The van der Waals surface area contributed by atoms with Gasteiger partial charge in [0.15, 0.2) is 5.78 Å². The predicted molar refractivity (Wildman–Crippen MR) is 162 cm³/mol. The highest BCUT2D eigenvalue weighted by Crippen LogP contribution is 2.15. The van der Waals surface area contributed by atoms with Crippen LogP contribution in [0.5, 0.6) is 0 Å². The summed E-state index contributed by atoms with van der Waals surface area (Å²) >= 11 is 1.50. The molecule has 2 atom stereocenters. The van der Waals surface area contributed by atoms with Crippen LogP contribution >= 0.6 is 11.3 Å². The summed E-state index contributed by atoms with van der Waals surface area (Å²) in [4.78, 5) is 48.2. The molecule has 0 aliphatic rings. The monoisotopic (exact) mass is 585 g/mol. The molecule has 0 bridgehead atoms. The Hall–Kier alpha value is -4.25. The van der Waals surface area contributed by atoms with Crippen LogP contribution in [0.3, 0.4) is 0 Å². The van der Waals surface area contributed by atoms with Gasteiger partial charge in [-0.2, -0.15) is 0 Å². The summed E-state index contributed by atoms with van der Waals surface area (Å²) in [6.45, 7) is 4.37. The number of aromatic nitrogens is 2. The van der Waals surface area contributed by atoms with Gasteiger partial charge in [-0.1, -0.05) is 36.4 Å². The zero-order valence-corrected chi connectivity index (χ0v) is 24.7. The van der Waals surface area contributed by atoms with Gasteiger partial charge in [0.2, 0.25) is 0 Å². The van der Waals surface area contributed by atoms with E-state index in [1.54, 1.807) is 48.5 Å². The first-order chi connectivity index (χ1) is 20.2. The normalized spacial score (nSPS) is 12.4. The second-order valence-corrected chi connectivity index (χ2v) is 11.2. The third kappa shape index (κ3) is 8.62. The lowest BCUT2D eigenvalue weighted by Gasteiger charge is -2.25. The minimum atomic E-state index is -0.921. The highest BCUT2D eigenvalue weighted by atomic mass is 32.1. The number of amides is 2. The van der Waals surface area contributed by atoms with Crippen LogP contribution in [-0.4, -0.2) is 63.3 Å². The van der Waals surface area contributed by atoms with Crippen molar-refractivity contribution in [3.05, 3.63) is 117 Å². The Morgan fingerprint density at radius 2 is 1.74 bits per heavy atom. The van der Waals surface area contributed by atoms with Gasteiger partial charge >= 0.3 is 0 Å². The van der Waals surface area contributed by atoms with Gasteiger partial charge in [-0.25, -0.2) is 4.98 Å². The molecule has 0 saturated heterocycles. The smallest absolute Gasteiger partial charge is 0.253 e. The van der Waals surface area contributed by atoms with Crippen molar-refractivity contribution in [2.75, 3.05) is 13.6 Å². The molecule has 0 fully saturated rings. The Morgan fingerprint density at radius 3 is 2.45 bits per heavy atom. The molecule has 10 heteroatoms. The quantitative estimate of drug-likeness (QED) is 0.204. The van der Waals surface area contributed by atoms with Gasteiger partial charge < -0.3 is 20.6 Å². The Balaban J connectivity index is 1.42. The summed E-state index contributed by atoms with van der Waals surface area (Å²) in [6.07, 6.45) is 2.68. The fourth-order valence-corrected chi connectivity index (χ4v) is 5.27. The summed E-state index contributed by atoms with van der Waals surface area (Å²) in [5, 5.41) is 20.1. The average molecular weight is 586 g/mol. The minimum Gasteiger partial charge on any atom is -0.390 e. The van der Waals surface area contributed by atoms with Gasteiger partial charge in [-0.05, 0) is 55.7 Å². The predicted octanol–water partition coefficient (Wildman–Crippen LogP) is 3.81. The fraction of sp³-hybridized carbons (Fsp3) is 0.281. The number of thiazole rings is 1. The number of nitrogens with zero attached hydrogens (tertiary/aromatic N) is 3. The number of aryl methyl sites for hydroxylation is 1. The van der Waals surface area contributed by atoms with Crippen LogP contribution < -0.4 is 10.6 Å². The Morgan fingerprint density at radius 1 is 0.976 bits per heavy atom. The van der Waals surface area contributed by atoms with Gasteiger partial charge in [-0.3, -0.25) is 19.4 Å². The van der Waals surface area contributed by atoms with Crippen molar-refractivity contribution in [3.8, 4) is 0 Å². The highest BCUT2D eigenvalue weighted by Gasteiger charge is 2.23. The first-order valence-corrected chi connectivity index (χ1v) is 14.5. The van der Waals surface area contributed by atoms with E-state index in [0.29, 0.717) is 36.2 Å². The lowest BCUT2D eigenvalue weighted by Crippen LogP contribution is -2.48. The first kappa shape index (κ1) is 30.7. The van der Waals surface area contributed by atoms with Crippen LogP contribution in [0.1, 0.15) is 59.8 Å². The minimum absolute atomic E-state index is 0.0676. The lowest BCUT2D eigenvalue weighted by molar-refractivity contribution is 0.0784. The van der Waals surface area contributed by atoms with Gasteiger partial charge in [0.1, 0.15) is 5.01 Å². The van der Waals surface area contributed by atoms with Gasteiger partial charge in [0.25, 0.3) is 11.8 Å². The summed E-state index contributed by atoms with van der Waals surface area (Å²) in [5.41, 5.74) is 3.93. The van der Waals surface area contributed by atoms with E-state index in [1.807, 2.05) is 42.6 Å². The van der Waals surface area contributed by atoms with E-state index < -0.39 is 12.1 Å². The van der Waals surface area contributed by atoms with Crippen LogP contribution in [0.2, 0.25) is 0 Å². The molecule has 0 aliphatic heterocycles. The average Bonchev–Trinajstić information content (AvgIpc) is 3.41. The summed E-state index contributed by atoms with van der Waals surface area (Å²) in [7, 11) is 1.71. The third-order valence-corrected chi connectivity index (χ3v) is 7.67. The molecule has 218 valence electrons. The number of Topliss-reactive ketones (excluding diaryl/α,β-unsaturated/α-hetero) is 1. The van der Waals surface area contributed by atoms with Crippen molar-refractivity contribution < 1.29 is 19.5 Å². The van der Waals surface area contributed by atoms with Crippen molar-refractivity contribution in [1.82, 2.24) is 25.5 Å². The standard InChI is InChI=1S/C32H35N5O4S/c1-21-20-42-30(35-21)19-37(3)32(41)26-11-7-10-25(14-26)31(40)36-28(13-23-8-5-4-6-9-23)29(39)18-34-16-24-12-27(22(2)38)17-33-15-24/h4-12,14-15,17,20,28-29,34,39H,13,16,18-19H2,1-3H3,(H,36,40)/t28-,29+/m0/s1. The van der Waals surface area contributed by atoms with Gasteiger partial charge in [0.05, 0.1) is 18.7 Å². The number of aliphatic hydroxyl groups excluding tert-OH is 1. The first-order valence-electron chi connectivity index (χ1n) is 13.6. The van der Waals surface area contributed by atoms with Crippen LogP contribution in [0.4, 0.5) is 0 Å². The molecular weight excluding hydrogens is 550 g/mol. The molecule has 0 saturated carbocycles. The maximum absolute atomic E-state index is 13.4. The van der Waals surface area contributed by atoms with Crippen molar-refractivity contribution >= 4 is 28.9 Å². The maximum Gasteiger partial charge on any atom is 0.253 e. The molecule has 2 aromatic heterocycles. The largest absolute Gasteiger partial charge is 0.390 e. The molecule has 0 unspecified atom stereocenters. The van der Waals surface area contributed by atoms with E-state index in [2.05, 4.69) is 20.6 Å². The number of ketones is 1. The highest BCUT2D eigenvalue weighted by molar-refractivity contribution is 7.09. The molecule has 4 rings (SSSR count). The van der Waals surface area contributed by atoms with E-state index in [1.165, 1.54) is 24.5 Å². The van der Waals surface area contributed by atoms with Crippen molar-refractivity contribution in [3.63, 3.8) is 0 Å². The Kier molecular flexibility index (Phi) is 10.7. The number of nitrogens with one attached hydrogen (secondary N) is 2. The summed E-state index contributed by atoms with van der Waals surface area (Å²) in [6, 6.07) is 17.3. The van der Waals surface area contributed by atoms with Crippen molar-refractivity contribution in [2.45, 2.75) is 45.5 Å². The number of hydrogen-bond acceptors (Lipinski definition) is 8. The van der Waals surface area contributed by atoms with Gasteiger partial charge in [-0.15, -0.1) is 11.3 Å². The lowest BCUT2D eigenvalue weighted by atomic mass is 10.00. The van der Waals surface area contributed by atoms with Crippen LogP contribution in [0, 0.1) is 6.92 Å². The molecule has 0 radical (unpaired) electrons. The van der Waals surface area contributed by atoms with E-state index >= 15 is 0 Å². The number of carbonyl (C=O) groups excluding carboxylic acids is 3. The third-order valence-electron chi connectivity index (χ3n) is 6.72. The molecule has 9 nitrogen and oxygen atoms in total. The number of pyridine rings is 1. The molecule has 3 N–H and O–H groups in total. The van der Waals surface area contributed by atoms with E-state index in [4.69, 9.17) is 0 Å². The number of carbonyl (C=O) groups is 3. The Bertz CT molecular complexity index is 1520. The van der Waals surface area contributed by atoms with E-state index in [0.717, 1.165) is 21.8 Å². The van der Waals surface area contributed by atoms with Crippen LogP contribution in [-0.2, 0) is 19.5 Å². The van der Waals surface area contributed by atoms with Crippen LogP contribution in [0.15, 0.2) is 78.4 Å². The van der Waals surface area contributed by atoms with Crippen LogP contribution in [0.25, 0.3) is 0 Å². The topological polar surface area (TPSA) is 125 Å². The van der Waals surface area contributed by atoms with Crippen molar-refractivity contribution in [2.24, 2.45) is 0 Å². The number of aliphatic hydroxyl groups is 1. The zero-order valence-electron chi connectivity index (χ0n) is 23.9. The second kappa shape index (κ2) is 14.6. The molecule has 0 aliphatic carbocycles. The molecule has 2 heterocycles. The molecule has 4 aromatic rings. The molecule has 0 spiro atoms. The van der Waals surface area contributed by atoms with E-state index in [9.17, 15) is 19.5 Å².